The zero-order chi connectivity index (χ0) is 26.3. The summed E-state index contributed by atoms with van der Waals surface area (Å²) in [5.74, 6) is -3.14. The number of hydrogen-bond donors (Lipinski definition) is 3. The van der Waals surface area contributed by atoms with Crippen LogP contribution in [0.2, 0.25) is 0 Å². The minimum atomic E-state index is -2.70. The molecule has 1 aliphatic carbocycles. The quantitative estimate of drug-likeness (QED) is 0.380. The van der Waals surface area contributed by atoms with Crippen molar-refractivity contribution in [2.24, 2.45) is 4.99 Å². The van der Waals surface area contributed by atoms with Crippen LogP contribution in [0.25, 0.3) is 10.9 Å². The molecule has 8 nitrogen and oxygen atoms in total. The van der Waals surface area contributed by atoms with E-state index in [-0.39, 0.29) is 18.7 Å². The largest absolute Gasteiger partial charge is 0.494 e. The van der Waals surface area contributed by atoms with Crippen molar-refractivity contribution in [2.45, 2.75) is 76.9 Å². The fourth-order valence-electron chi connectivity index (χ4n) is 5.36. The van der Waals surface area contributed by atoms with Crippen molar-refractivity contribution in [1.29, 1.82) is 0 Å². The van der Waals surface area contributed by atoms with Crippen LogP contribution in [0.3, 0.4) is 0 Å². The third-order valence-electron chi connectivity index (χ3n) is 7.55. The molecule has 10 heteroatoms. The third-order valence-corrected chi connectivity index (χ3v) is 7.55. The van der Waals surface area contributed by atoms with Crippen LogP contribution in [0.5, 0.6) is 5.88 Å². The zero-order valence-electron chi connectivity index (χ0n) is 21.5. The molecule has 1 saturated carbocycles. The van der Waals surface area contributed by atoms with E-state index in [0.717, 1.165) is 25.9 Å². The molecular formula is C27H34F2N6O2. The SMILES string of the molecule is CCC(=Nc1cnn(C2CCN(C(C)C)CC2)c1)c1c(O)[nH]c2ccc(C(=O)NC3CC(F)(F)C3)cc12. The minimum Gasteiger partial charge on any atom is -0.494 e. The number of hydrogen-bond acceptors (Lipinski definition) is 5. The van der Waals surface area contributed by atoms with Crippen molar-refractivity contribution in [3.63, 3.8) is 0 Å². The lowest BCUT2D eigenvalue weighted by Crippen LogP contribution is -2.50. The summed E-state index contributed by atoms with van der Waals surface area (Å²) in [6.07, 6.45) is 5.63. The number of fused-ring (bicyclic) bond motifs is 1. The van der Waals surface area contributed by atoms with E-state index in [1.54, 1.807) is 24.4 Å². The molecule has 3 heterocycles. The molecule has 1 amide bonds. The third kappa shape index (κ3) is 5.25. The molecule has 2 fully saturated rings. The number of rotatable bonds is 7. The van der Waals surface area contributed by atoms with Gasteiger partial charge in [-0.3, -0.25) is 9.48 Å². The van der Waals surface area contributed by atoms with E-state index >= 15 is 0 Å². The number of amides is 1. The first kappa shape index (κ1) is 25.4. The van der Waals surface area contributed by atoms with Gasteiger partial charge in [0.05, 0.1) is 29.7 Å². The molecule has 1 aromatic carbocycles. The van der Waals surface area contributed by atoms with Gasteiger partial charge in [0, 0.05) is 54.5 Å². The molecule has 2 aromatic heterocycles. The van der Waals surface area contributed by atoms with Crippen molar-refractivity contribution >= 4 is 28.2 Å². The number of aliphatic imine (C=N–C) groups is 1. The maximum absolute atomic E-state index is 13.2. The van der Waals surface area contributed by atoms with Crippen LogP contribution >= 0.6 is 0 Å². The number of H-pyrrole nitrogens is 1. The number of carbonyl (C=O) groups is 1. The molecular weight excluding hydrogens is 478 g/mol. The van der Waals surface area contributed by atoms with Crippen molar-refractivity contribution in [2.75, 3.05) is 13.1 Å². The van der Waals surface area contributed by atoms with Gasteiger partial charge in [-0.2, -0.15) is 5.10 Å². The maximum Gasteiger partial charge on any atom is 0.252 e. The predicted octanol–water partition coefficient (Wildman–Crippen LogP) is 5.17. The maximum atomic E-state index is 13.2. The number of aromatic hydroxyl groups is 1. The fourth-order valence-corrected chi connectivity index (χ4v) is 5.36. The van der Waals surface area contributed by atoms with Gasteiger partial charge < -0.3 is 20.3 Å². The molecule has 5 rings (SSSR count). The van der Waals surface area contributed by atoms with Crippen molar-refractivity contribution in [1.82, 2.24) is 25.0 Å². The van der Waals surface area contributed by atoms with Crippen molar-refractivity contribution in [3.05, 3.63) is 41.7 Å². The molecule has 0 bridgehead atoms. The summed E-state index contributed by atoms with van der Waals surface area (Å²) in [6.45, 7) is 8.49. The first-order valence-electron chi connectivity index (χ1n) is 13.0. The Labute approximate surface area is 214 Å². The first-order valence-corrected chi connectivity index (χ1v) is 13.0. The molecule has 0 unspecified atom stereocenters. The second-order valence-corrected chi connectivity index (χ2v) is 10.5. The van der Waals surface area contributed by atoms with E-state index < -0.39 is 17.9 Å². The Balaban J connectivity index is 1.37. The van der Waals surface area contributed by atoms with Gasteiger partial charge in [0.1, 0.15) is 5.69 Å². The number of halogens is 2. The lowest BCUT2D eigenvalue weighted by Gasteiger charge is -2.35. The molecule has 0 atom stereocenters. The van der Waals surface area contributed by atoms with Crippen LogP contribution in [0.1, 0.15) is 74.8 Å². The highest BCUT2D eigenvalue weighted by atomic mass is 19.3. The predicted molar refractivity (Wildman–Crippen MR) is 139 cm³/mol. The summed E-state index contributed by atoms with van der Waals surface area (Å²) in [5.41, 5.74) is 2.90. The van der Waals surface area contributed by atoms with Crippen LogP contribution in [0, 0.1) is 0 Å². The number of nitrogens with one attached hydrogen (secondary N) is 2. The average Bonchev–Trinajstić information content (AvgIpc) is 3.44. The summed E-state index contributed by atoms with van der Waals surface area (Å²) < 4.78 is 28.3. The minimum absolute atomic E-state index is 0.0276. The second-order valence-electron chi connectivity index (χ2n) is 10.5. The molecule has 2 aliphatic rings. The van der Waals surface area contributed by atoms with Gasteiger partial charge in [0.25, 0.3) is 11.8 Å². The van der Waals surface area contributed by atoms with Crippen LogP contribution in [0.4, 0.5) is 14.5 Å². The van der Waals surface area contributed by atoms with Gasteiger partial charge >= 0.3 is 0 Å². The number of benzene rings is 1. The molecule has 0 spiro atoms. The Hall–Kier alpha value is -3.27. The topological polar surface area (TPSA) is 98.5 Å². The van der Waals surface area contributed by atoms with Gasteiger partial charge in [-0.15, -0.1) is 0 Å². The number of alkyl halides is 2. The van der Waals surface area contributed by atoms with E-state index in [4.69, 9.17) is 4.99 Å². The molecule has 0 radical (unpaired) electrons. The zero-order valence-corrected chi connectivity index (χ0v) is 21.5. The second kappa shape index (κ2) is 9.89. The molecule has 3 aromatic rings. The van der Waals surface area contributed by atoms with Gasteiger partial charge in [0.2, 0.25) is 0 Å². The van der Waals surface area contributed by atoms with Crippen LogP contribution < -0.4 is 5.32 Å². The summed E-state index contributed by atoms with van der Waals surface area (Å²) in [7, 11) is 0. The van der Waals surface area contributed by atoms with Crippen LogP contribution in [-0.2, 0) is 0 Å². The van der Waals surface area contributed by atoms with E-state index in [0.29, 0.717) is 51.9 Å². The van der Waals surface area contributed by atoms with Crippen LogP contribution in [-0.4, -0.2) is 67.5 Å². The summed E-state index contributed by atoms with van der Waals surface area (Å²) in [6, 6.07) is 5.35. The van der Waals surface area contributed by atoms with E-state index in [1.807, 2.05) is 17.8 Å². The highest BCUT2D eigenvalue weighted by Crippen LogP contribution is 2.37. The lowest BCUT2D eigenvalue weighted by atomic mass is 9.88. The number of aromatic amines is 1. The number of carbonyl (C=O) groups excluding carboxylic acids is 1. The standard InChI is InChI=1S/C27H34F2N6O2/c1-4-22(31-19-14-30-35(15-19)20-7-9-34(10-8-20)16(2)3)24-21-11-17(5-6-23(21)33-26(24)37)25(36)32-18-12-27(28,29)13-18/h5-6,11,14-16,18,20,33,37H,4,7-10,12-13H2,1-3H3,(H,32,36). The van der Waals surface area contributed by atoms with Gasteiger partial charge in [0.15, 0.2) is 5.88 Å². The first-order chi connectivity index (χ1) is 17.6. The number of nitrogens with zero attached hydrogens (tertiary/aromatic N) is 4. The van der Waals surface area contributed by atoms with Crippen LogP contribution in [0.15, 0.2) is 35.6 Å². The smallest absolute Gasteiger partial charge is 0.252 e. The Morgan fingerprint density at radius 3 is 2.68 bits per heavy atom. The highest BCUT2D eigenvalue weighted by Gasteiger charge is 2.46. The normalized spacial score (nSPS) is 19.5. The Bertz CT molecular complexity index is 1310. The van der Waals surface area contributed by atoms with E-state index in [1.165, 1.54) is 0 Å². The fraction of sp³-hybridized carbons (Fsp3) is 0.519. The molecule has 37 heavy (non-hydrogen) atoms. The number of aromatic nitrogens is 3. The summed E-state index contributed by atoms with van der Waals surface area (Å²) in [5, 5.41) is 18.6. The average molecular weight is 513 g/mol. The Morgan fingerprint density at radius 2 is 2.03 bits per heavy atom. The molecule has 1 aliphatic heterocycles. The van der Waals surface area contributed by atoms with Gasteiger partial charge in [-0.1, -0.05) is 6.92 Å². The lowest BCUT2D eigenvalue weighted by molar-refractivity contribution is -0.0901. The van der Waals surface area contributed by atoms with E-state index in [2.05, 4.69) is 34.1 Å². The Kier molecular flexibility index (Phi) is 6.78. The molecule has 1 saturated heterocycles. The van der Waals surface area contributed by atoms with Gasteiger partial charge in [-0.25, -0.2) is 13.8 Å². The number of piperidine rings is 1. The summed E-state index contributed by atoms with van der Waals surface area (Å²) in [4.78, 5) is 22.9. The van der Waals surface area contributed by atoms with Gasteiger partial charge in [-0.05, 0) is 51.3 Å². The van der Waals surface area contributed by atoms with Crippen molar-refractivity contribution in [3.8, 4) is 5.88 Å². The summed E-state index contributed by atoms with van der Waals surface area (Å²) >= 11 is 0. The van der Waals surface area contributed by atoms with E-state index in [9.17, 15) is 18.7 Å². The monoisotopic (exact) mass is 512 g/mol. The number of likely N-dealkylation sites (tertiary alicyclic amines) is 1. The molecule has 3 N–H and O–H groups in total. The Morgan fingerprint density at radius 1 is 1.30 bits per heavy atom. The van der Waals surface area contributed by atoms with Crippen molar-refractivity contribution < 1.29 is 18.7 Å². The highest BCUT2D eigenvalue weighted by molar-refractivity contribution is 6.14. The molecule has 198 valence electrons.